The van der Waals surface area contributed by atoms with Gasteiger partial charge in [0.25, 0.3) is 0 Å². The number of ether oxygens (including phenoxy) is 1. The molecule has 7 N–H and O–H groups in total. The predicted molar refractivity (Wildman–Crippen MR) is 118 cm³/mol. The van der Waals surface area contributed by atoms with Crippen molar-refractivity contribution >= 4 is 23.9 Å². The highest BCUT2D eigenvalue weighted by molar-refractivity contribution is 6.14. The Kier molecular flexibility index (Phi) is 19.1. The maximum atomic E-state index is 10.8. The Balaban J connectivity index is 0. The zero-order chi connectivity index (χ0) is 26.6. The van der Waals surface area contributed by atoms with Gasteiger partial charge in [0.1, 0.15) is 0 Å². The summed E-state index contributed by atoms with van der Waals surface area (Å²) in [6.45, 7) is 1.10. The second kappa shape index (κ2) is 19.6. The average Bonchev–Trinajstić information content (AvgIpc) is 3.13. The highest BCUT2D eigenvalue weighted by Crippen LogP contribution is 2.19. The fraction of sp³-hybridized carbons (Fsp3) is 0.545. The van der Waals surface area contributed by atoms with Crippen LogP contribution >= 0.6 is 0 Å². The molecule has 0 amide bonds. The fourth-order valence-electron chi connectivity index (χ4n) is 2.07. The van der Waals surface area contributed by atoms with E-state index in [9.17, 15) is 19.2 Å². The number of carboxylic acids is 2. The van der Waals surface area contributed by atoms with Crippen molar-refractivity contribution in [1.29, 1.82) is 0 Å². The lowest BCUT2D eigenvalue weighted by Crippen LogP contribution is -2.32. The van der Waals surface area contributed by atoms with Crippen molar-refractivity contribution in [3.8, 4) is 0 Å². The Hall–Kier alpha value is -2.90. The van der Waals surface area contributed by atoms with E-state index in [1.54, 1.807) is 24.3 Å². The van der Waals surface area contributed by atoms with E-state index in [1.807, 2.05) is 6.92 Å². The Bertz CT molecular complexity index is 675. The summed E-state index contributed by atoms with van der Waals surface area (Å²) in [5.41, 5.74) is 0.0509. The van der Waals surface area contributed by atoms with E-state index in [-0.39, 0.29) is 45.9 Å². The smallest absolute Gasteiger partial charge is 0.346 e. The predicted octanol–water partition coefficient (Wildman–Crippen LogP) is 0.0439. The third-order valence-corrected chi connectivity index (χ3v) is 4.44. The van der Waals surface area contributed by atoms with E-state index < -0.39 is 29.3 Å². The number of rotatable bonds is 10. The minimum atomic E-state index is -0.870. The molecule has 12 heteroatoms. The first-order chi connectivity index (χ1) is 16.1. The largest absolute Gasteiger partial charge is 0.481 e. The van der Waals surface area contributed by atoms with Crippen LogP contribution in [-0.4, -0.2) is 92.7 Å². The molecular weight excluding hydrogens is 456 g/mol. The van der Waals surface area contributed by atoms with Gasteiger partial charge in [-0.25, -0.2) is 9.59 Å². The average molecular weight is 491 g/mol. The van der Waals surface area contributed by atoms with Crippen molar-refractivity contribution in [1.82, 2.24) is 0 Å². The van der Waals surface area contributed by atoms with Gasteiger partial charge < -0.3 is 40.5 Å². The summed E-state index contributed by atoms with van der Waals surface area (Å²) in [4.78, 5) is 41.5. The standard InChI is InChI=1S/C8H4O3.C6H10O4.C6H14O3.C2H6O2/c9-7-5-3-1-2-4-6(5)8(10)11-7;7-5(8)3-1-2-4-6(9)10;1-2-6(3-7,4-8)5-9;3-1-2-4/h1-4H;1-4H2,(H,7,8)(H,9,10);7-9H,2-5H2,1H3;3-4H,1-2H2. The number of hydrogen-bond acceptors (Lipinski definition) is 10. The van der Waals surface area contributed by atoms with Gasteiger partial charge in [0.2, 0.25) is 0 Å². The molecule has 194 valence electrons. The maximum absolute atomic E-state index is 10.8. The van der Waals surface area contributed by atoms with Crippen molar-refractivity contribution in [3.05, 3.63) is 35.4 Å². The van der Waals surface area contributed by atoms with Crippen LogP contribution in [0.4, 0.5) is 0 Å². The SMILES string of the molecule is CCC(CO)(CO)CO.O=C(O)CCCCC(=O)O.O=C1OC(=O)c2ccccc21.OCCO. The number of aliphatic hydroxyl groups is 5. The molecule has 0 aliphatic carbocycles. The second-order valence-electron chi connectivity index (χ2n) is 6.99. The monoisotopic (exact) mass is 490 g/mol. The van der Waals surface area contributed by atoms with Crippen molar-refractivity contribution < 1.29 is 59.7 Å². The Morgan fingerprint density at radius 1 is 0.765 bits per heavy atom. The Labute approximate surface area is 197 Å². The van der Waals surface area contributed by atoms with E-state index in [0.29, 0.717) is 30.4 Å². The summed E-state index contributed by atoms with van der Waals surface area (Å²) in [5.74, 6) is -2.84. The number of aliphatic hydroxyl groups excluding tert-OH is 5. The third kappa shape index (κ3) is 14.3. The first-order valence-electron chi connectivity index (χ1n) is 10.4. The molecule has 0 saturated heterocycles. The Morgan fingerprint density at radius 3 is 1.32 bits per heavy atom. The number of carbonyl (C=O) groups excluding carboxylic acids is 2. The molecular formula is C22H34O12. The van der Waals surface area contributed by atoms with Crippen LogP contribution in [0.3, 0.4) is 0 Å². The van der Waals surface area contributed by atoms with Crippen LogP contribution in [0.25, 0.3) is 0 Å². The quantitative estimate of drug-likeness (QED) is 0.131. The molecule has 1 heterocycles. The minimum absolute atomic E-state index is 0.0628. The van der Waals surface area contributed by atoms with Crippen molar-refractivity contribution in [2.75, 3.05) is 33.0 Å². The van der Waals surface area contributed by atoms with Gasteiger partial charge in [0.15, 0.2) is 0 Å². The molecule has 0 unspecified atom stereocenters. The van der Waals surface area contributed by atoms with Crippen LogP contribution in [0, 0.1) is 5.41 Å². The first-order valence-corrected chi connectivity index (χ1v) is 10.4. The lowest BCUT2D eigenvalue weighted by molar-refractivity contribution is -0.139. The third-order valence-electron chi connectivity index (χ3n) is 4.44. The van der Waals surface area contributed by atoms with E-state index in [2.05, 4.69) is 4.74 Å². The molecule has 0 radical (unpaired) electrons. The number of fused-ring (bicyclic) bond motifs is 1. The van der Waals surface area contributed by atoms with Gasteiger partial charge in [0, 0.05) is 18.3 Å². The molecule has 2 rings (SSSR count). The number of carbonyl (C=O) groups is 4. The van der Waals surface area contributed by atoms with Crippen molar-refractivity contribution in [2.24, 2.45) is 5.41 Å². The minimum Gasteiger partial charge on any atom is -0.481 e. The van der Waals surface area contributed by atoms with Crippen molar-refractivity contribution in [3.63, 3.8) is 0 Å². The van der Waals surface area contributed by atoms with Gasteiger partial charge >= 0.3 is 23.9 Å². The summed E-state index contributed by atoms with van der Waals surface area (Å²) in [5, 5.41) is 57.5. The molecule has 1 aromatic rings. The van der Waals surface area contributed by atoms with Crippen LogP contribution in [0.2, 0.25) is 0 Å². The number of aliphatic carboxylic acids is 2. The van der Waals surface area contributed by atoms with Gasteiger partial charge in [-0.15, -0.1) is 0 Å². The molecule has 1 aliphatic heterocycles. The van der Waals surface area contributed by atoms with Gasteiger partial charge in [-0.05, 0) is 31.4 Å². The van der Waals surface area contributed by atoms with E-state index in [1.165, 1.54) is 0 Å². The number of esters is 2. The molecule has 1 aromatic carbocycles. The lowest BCUT2D eigenvalue weighted by atomic mass is 9.88. The summed E-state index contributed by atoms with van der Waals surface area (Å²) >= 11 is 0. The number of benzene rings is 1. The van der Waals surface area contributed by atoms with Gasteiger partial charge in [-0.2, -0.15) is 0 Å². The van der Waals surface area contributed by atoms with E-state index in [0.717, 1.165) is 0 Å². The van der Waals surface area contributed by atoms with Gasteiger partial charge in [0.05, 0.1) is 44.2 Å². The topological polar surface area (TPSA) is 219 Å². The zero-order valence-corrected chi connectivity index (χ0v) is 19.1. The van der Waals surface area contributed by atoms with Crippen LogP contribution in [-0.2, 0) is 14.3 Å². The normalized spacial score (nSPS) is 11.5. The fourth-order valence-corrected chi connectivity index (χ4v) is 2.07. The summed E-state index contributed by atoms with van der Waals surface area (Å²) in [7, 11) is 0. The molecule has 0 bridgehead atoms. The van der Waals surface area contributed by atoms with Crippen molar-refractivity contribution in [2.45, 2.75) is 39.0 Å². The summed E-state index contributed by atoms with van der Waals surface area (Å²) < 4.78 is 4.35. The second-order valence-corrected chi connectivity index (χ2v) is 6.99. The zero-order valence-electron chi connectivity index (χ0n) is 19.1. The molecule has 0 saturated carbocycles. The number of carboxylic acid groups (broad SMARTS) is 2. The lowest BCUT2D eigenvalue weighted by Gasteiger charge is -2.24. The van der Waals surface area contributed by atoms with Crippen LogP contribution in [0.15, 0.2) is 24.3 Å². The molecule has 1 aliphatic rings. The Morgan fingerprint density at radius 2 is 1.12 bits per heavy atom. The molecule has 0 fully saturated rings. The first kappa shape index (κ1) is 33.3. The highest BCUT2D eigenvalue weighted by atomic mass is 16.6. The van der Waals surface area contributed by atoms with Gasteiger partial charge in [-0.3, -0.25) is 9.59 Å². The number of hydrogen-bond donors (Lipinski definition) is 7. The molecule has 12 nitrogen and oxygen atoms in total. The molecule has 34 heavy (non-hydrogen) atoms. The van der Waals surface area contributed by atoms with Crippen LogP contribution in [0.5, 0.6) is 0 Å². The molecule has 0 spiro atoms. The maximum Gasteiger partial charge on any atom is 0.346 e. The summed E-state index contributed by atoms with van der Waals surface area (Å²) in [6.07, 6.45) is 1.61. The van der Waals surface area contributed by atoms with Gasteiger partial charge in [-0.1, -0.05) is 19.1 Å². The highest BCUT2D eigenvalue weighted by Gasteiger charge is 2.28. The molecule has 0 aromatic heterocycles. The van der Waals surface area contributed by atoms with E-state index in [4.69, 9.17) is 35.7 Å². The number of cyclic esters (lactones) is 2. The molecule has 0 atom stereocenters. The van der Waals surface area contributed by atoms with Crippen LogP contribution < -0.4 is 0 Å². The summed E-state index contributed by atoms with van der Waals surface area (Å²) in [6, 6.07) is 6.53. The number of unbranched alkanes of at least 4 members (excludes halogenated alkanes) is 1. The van der Waals surface area contributed by atoms with E-state index >= 15 is 0 Å². The van der Waals surface area contributed by atoms with Crippen LogP contribution in [0.1, 0.15) is 59.7 Å².